The maximum absolute atomic E-state index is 5.04. The van der Waals surface area contributed by atoms with Gasteiger partial charge in [-0.15, -0.1) is 22.7 Å². The van der Waals surface area contributed by atoms with Crippen LogP contribution in [0.4, 0.5) is 0 Å². The van der Waals surface area contributed by atoms with Crippen LogP contribution in [0, 0.1) is 0 Å². The van der Waals surface area contributed by atoms with E-state index in [2.05, 4.69) is 17.5 Å². The van der Waals surface area contributed by atoms with Gasteiger partial charge in [0.2, 0.25) is 0 Å². The van der Waals surface area contributed by atoms with Crippen LogP contribution in [0.3, 0.4) is 0 Å². The van der Waals surface area contributed by atoms with E-state index >= 15 is 0 Å². The van der Waals surface area contributed by atoms with Gasteiger partial charge < -0.3 is 4.74 Å². The summed E-state index contributed by atoms with van der Waals surface area (Å²) in [4.78, 5) is 1.31. The van der Waals surface area contributed by atoms with E-state index in [9.17, 15) is 0 Å². The minimum atomic E-state index is 0.742. The molecule has 3 heteroatoms. The zero-order chi connectivity index (χ0) is 7.68. The van der Waals surface area contributed by atoms with Gasteiger partial charge in [-0.05, 0) is 17.5 Å². The minimum Gasteiger partial charge on any atom is -0.379 e. The molecule has 0 saturated carbocycles. The van der Waals surface area contributed by atoms with Crippen molar-refractivity contribution in [2.45, 2.75) is 6.61 Å². The lowest BCUT2D eigenvalue weighted by atomic mass is 10.4. The van der Waals surface area contributed by atoms with Crippen molar-refractivity contribution in [1.29, 1.82) is 0 Å². The van der Waals surface area contributed by atoms with Crippen molar-refractivity contribution in [2.75, 3.05) is 7.11 Å². The third-order valence-corrected chi connectivity index (χ3v) is 3.54. The molecule has 2 aromatic rings. The average Bonchev–Trinajstić information content (AvgIpc) is 2.46. The van der Waals surface area contributed by atoms with Gasteiger partial charge >= 0.3 is 0 Å². The lowest BCUT2D eigenvalue weighted by Crippen LogP contribution is -1.79. The molecule has 2 heterocycles. The second kappa shape index (κ2) is 2.93. The standard InChI is InChI=1S/C8H8OS2/c1-9-5-6-4-8-7(11-6)2-3-10-8/h2-4H,5H2,1H3. The molecule has 0 N–H and O–H groups in total. The third-order valence-electron chi connectivity index (χ3n) is 1.48. The van der Waals surface area contributed by atoms with Crippen molar-refractivity contribution in [1.82, 2.24) is 0 Å². The Kier molecular flexibility index (Phi) is 1.94. The monoisotopic (exact) mass is 184 g/mol. The Labute approximate surface area is 73.2 Å². The number of fused-ring (bicyclic) bond motifs is 1. The zero-order valence-electron chi connectivity index (χ0n) is 6.16. The molecule has 0 saturated heterocycles. The van der Waals surface area contributed by atoms with Crippen molar-refractivity contribution in [3.05, 3.63) is 22.4 Å². The molecular weight excluding hydrogens is 176 g/mol. The Balaban J connectivity index is 2.42. The second-order valence-corrected chi connectivity index (χ2v) is 4.41. The fourth-order valence-corrected chi connectivity index (χ4v) is 3.14. The van der Waals surface area contributed by atoms with Gasteiger partial charge in [0.25, 0.3) is 0 Å². The lowest BCUT2D eigenvalue weighted by Gasteiger charge is -1.89. The number of thiophene rings is 2. The van der Waals surface area contributed by atoms with Gasteiger partial charge in [0, 0.05) is 21.4 Å². The SMILES string of the molecule is COCc1cc2sccc2s1. The van der Waals surface area contributed by atoms with Gasteiger partial charge in [-0.25, -0.2) is 0 Å². The van der Waals surface area contributed by atoms with Crippen LogP contribution >= 0.6 is 22.7 Å². The molecule has 0 amide bonds. The first kappa shape index (κ1) is 7.28. The predicted octanol–water partition coefficient (Wildman–Crippen LogP) is 3.11. The fourth-order valence-electron chi connectivity index (χ4n) is 1.03. The molecular formula is C8H8OS2. The molecule has 2 rings (SSSR count). The van der Waals surface area contributed by atoms with Gasteiger partial charge in [-0.2, -0.15) is 0 Å². The van der Waals surface area contributed by atoms with E-state index < -0.39 is 0 Å². The molecule has 0 atom stereocenters. The highest BCUT2D eigenvalue weighted by Gasteiger charge is 2.00. The highest BCUT2D eigenvalue weighted by Crippen LogP contribution is 2.29. The largest absolute Gasteiger partial charge is 0.379 e. The number of ether oxygens (including phenoxy) is 1. The highest BCUT2D eigenvalue weighted by atomic mass is 32.1. The summed E-state index contributed by atoms with van der Waals surface area (Å²) in [7, 11) is 1.73. The molecule has 0 aliphatic rings. The maximum Gasteiger partial charge on any atom is 0.0806 e. The fraction of sp³-hybridized carbons (Fsp3) is 0.250. The van der Waals surface area contributed by atoms with E-state index in [4.69, 9.17) is 4.74 Å². The van der Waals surface area contributed by atoms with E-state index in [1.807, 2.05) is 11.3 Å². The normalized spacial score (nSPS) is 11.0. The van der Waals surface area contributed by atoms with Crippen molar-refractivity contribution in [2.24, 2.45) is 0 Å². The van der Waals surface area contributed by atoms with Crippen molar-refractivity contribution in [3.8, 4) is 0 Å². The van der Waals surface area contributed by atoms with Gasteiger partial charge in [-0.1, -0.05) is 0 Å². The summed E-state index contributed by atoms with van der Waals surface area (Å²) < 4.78 is 7.80. The van der Waals surface area contributed by atoms with Gasteiger partial charge in [-0.3, -0.25) is 0 Å². The number of methoxy groups -OCH3 is 1. The number of rotatable bonds is 2. The molecule has 11 heavy (non-hydrogen) atoms. The third kappa shape index (κ3) is 1.31. The lowest BCUT2D eigenvalue weighted by molar-refractivity contribution is 0.187. The Morgan fingerprint density at radius 1 is 1.45 bits per heavy atom. The van der Waals surface area contributed by atoms with Crippen LogP contribution in [-0.4, -0.2) is 7.11 Å². The van der Waals surface area contributed by atoms with E-state index in [1.165, 1.54) is 14.3 Å². The summed E-state index contributed by atoms with van der Waals surface area (Å²) in [5.74, 6) is 0. The van der Waals surface area contributed by atoms with Gasteiger partial charge in [0.15, 0.2) is 0 Å². The first-order valence-electron chi connectivity index (χ1n) is 3.35. The van der Waals surface area contributed by atoms with Crippen molar-refractivity contribution < 1.29 is 4.74 Å². The molecule has 0 aromatic carbocycles. The molecule has 0 unspecified atom stereocenters. The number of hydrogen-bond donors (Lipinski definition) is 0. The summed E-state index contributed by atoms with van der Waals surface area (Å²) >= 11 is 3.60. The molecule has 1 nitrogen and oxygen atoms in total. The molecule has 0 radical (unpaired) electrons. The van der Waals surface area contributed by atoms with Gasteiger partial charge in [0.1, 0.15) is 0 Å². The van der Waals surface area contributed by atoms with Crippen LogP contribution in [0.25, 0.3) is 9.40 Å². The van der Waals surface area contributed by atoms with E-state index in [1.54, 1.807) is 18.4 Å². The average molecular weight is 184 g/mol. The first-order chi connectivity index (χ1) is 5.40. The van der Waals surface area contributed by atoms with Crippen LogP contribution in [0.1, 0.15) is 4.88 Å². The Morgan fingerprint density at radius 3 is 3.09 bits per heavy atom. The zero-order valence-corrected chi connectivity index (χ0v) is 7.80. The molecule has 0 aliphatic heterocycles. The minimum absolute atomic E-state index is 0.742. The topological polar surface area (TPSA) is 9.23 Å². The molecule has 58 valence electrons. The van der Waals surface area contributed by atoms with Crippen LogP contribution < -0.4 is 0 Å². The first-order valence-corrected chi connectivity index (χ1v) is 5.04. The molecule has 0 aliphatic carbocycles. The van der Waals surface area contributed by atoms with E-state index in [0.717, 1.165) is 6.61 Å². The van der Waals surface area contributed by atoms with Crippen molar-refractivity contribution in [3.63, 3.8) is 0 Å². The van der Waals surface area contributed by atoms with Crippen molar-refractivity contribution >= 4 is 32.1 Å². The quantitative estimate of drug-likeness (QED) is 0.697. The van der Waals surface area contributed by atoms with Crippen LogP contribution in [-0.2, 0) is 11.3 Å². The Bertz CT molecular complexity index is 319. The molecule has 0 spiro atoms. The Hall–Kier alpha value is -0.380. The second-order valence-electron chi connectivity index (χ2n) is 2.29. The summed E-state index contributed by atoms with van der Waals surface area (Å²) in [5.41, 5.74) is 0. The molecule has 0 bridgehead atoms. The number of hydrogen-bond acceptors (Lipinski definition) is 3. The predicted molar refractivity (Wildman–Crippen MR) is 50.4 cm³/mol. The van der Waals surface area contributed by atoms with E-state index in [0.29, 0.717) is 0 Å². The summed E-state index contributed by atoms with van der Waals surface area (Å²) in [6, 6.07) is 4.36. The van der Waals surface area contributed by atoms with Crippen LogP contribution in [0.2, 0.25) is 0 Å². The molecule has 2 aromatic heterocycles. The highest BCUT2D eigenvalue weighted by molar-refractivity contribution is 7.26. The van der Waals surface area contributed by atoms with Crippen LogP contribution in [0.5, 0.6) is 0 Å². The maximum atomic E-state index is 5.04. The summed E-state index contributed by atoms with van der Waals surface area (Å²) in [5, 5.41) is 2.12. The molecule has 0 fully saturated rings. The summed E-state index contributed by atoms with van der Waals surface area (Å²) in [6.07, 6.45) is 0. The summed E-state index contributed by atoms with van der Waals surface area (Å²) in [6.45, 7) is 0.742. The van der Waals surface area contributed by atoms with Gasteiger partial charge in [0.05, 0.1) is 6.61 Å². The Morgan fingerprint density at radius 2 is 2.36 bits per heavy atom. The van der Waals surface area contributed by atoms with Crippen LogP contribution in [0.15, 0.2) is 17.5 Å². The smallest absolute Gasteiger partial charge is 0.0806 e. The van der Waals surface area contributed by atoms with E-state index in [-0.39, 0.29) is 0 Å².